The first-order valence-corrected chi connectivity index (χ1v) is 6.84. The molecule has 0 aliphatic heterocycles. The van der Waals surface area contributed by atoms with Gasteiger partial charge < -0.3 is 10.1 Å². The maximum atomic E-state index is 12.1. The van der Waals surface area contributed by atoms with Crippen molar-refractivity contribution >= 4 is 23.5 Å². The molecule has 5 heteroatoms. The minimum absolute atomic E-state index is 0.112. The minimum atomic E-state index is -0.559. The van der Waals surface area contributed by atoms with E-state index in [-0.39, 0.29) is 18.2 Å². The van der Waals surface area contributed by atoms with Crippen molar-refractivity contribution in [1.82, 2.24) is 5.32 Å². The van der Waals surface area contributed by atoms with Crippen molar-refractivity contribution in [2.45, 2.75) is 45.8 Å². The van der Waals surface area contributed by atoms with Crippen LogP contribution < -0.4 is 5.32 Å². The Bertz CT molecular complexity index is 494. The van der Waals surface area contributed by atoms with Crippen LogP contribution in [-0.4, -0.2) is 23.5 Å². The van der Waals surface area contributed by atoms with Gasteiger partial charge in [0.15, 0.2) is 5.78 Å². The highest BCUT2D eigenvalue weighted by Crippen LogP contribution is 2.17. The molecule has 1 rings (SSSR count). The van der Waals surface area contributed by atoms with Crippen molar-refractivity contribution < 1.29 is 14.3 Å². The Hall–Kier alpha value is -1.55. The van der Waals surface area contributed by atoms with E-state index in [0.29, 0.717) is 10.6 Å². The molecule has 1 unspecified atom stereocenters. The van der Waals surface area contributed by atoms with Crippen LogP contribution in [0, 0.1) is 0 Å². The van der Waals surface area contributed by atoms with Gasteiger partial charge >= 0.3 is 6.09 Å². The molecule has 0 spiro atoms. The summed E-state index contributed by atoms with van der Waals surface area (Å²) < 4.78 is 5.13. The van der Waals surface area contributed by atoms with Crippen molar-refractivity contribution in [3.8, 4) is 0 Å². The molecule has 110 valence electrons. The number of carbonyl (C=O) groups is 2. The van der Waals surface area contributed by atoms with Gasteiger partial charge in [-0.1, -0.05) is 23.7 Å². The number of benzene rings is 1. The number of amides is 1. The van der Waals surface area contributed by atoms with Crippen LogP contribution in [0.3, 0.4) is 0 Å². The molecule has 0 saturated carbocycles. The SMILES string of the molecule is CC(CC(=O)c1ccccc1Cl)NC(=O)OC(C)(C)C. The third kappa shape index (κ3) is 5.61. The highest BCUT2D eigenvalue weighted by molar-refractivity contribution is 6.33. The topological polar surface area (TPSA) is 55.4 Å². The molecular formula is C15H20ClNO3. The van der Waals surface area contributed by atoms with E-state index in [2.05, 4.69) is 5.32 Å². The second-order valence-corrected chi connectivity index (χ2v) is 6.06. The summed E-state index contributed by atoms with van der Waals surface area (Å²) >= 11 is 5.96. The molecule has 1 atom stereocenters. The van der Waals surface area contributed by atoms with Crippen LogP contribution in [0.2, 0.25) is 5.02 Å². The van der Waals surface area contributed by atoms with E-state index in [9.17, 15) is 9.59 Å². The third-order valence-electron chi connectivity index (χ3n) is 2.43. The quantitative estimate of drug-likeness (QED) is 0.859. The normalized spacial score (nSPS) is 12.7. The summed E-state index contributed by atoms with van der Waals surface area (Å²) in [5.41, 5.74) is -0.0942. The monoisotopic (exact) mass is 297 g/mol. The first-order chi connectivity index (χ1) is 9.19. The number of ketones is 1. The molecule has 1 aromatic carbocycles. The Balaban J connectivity index is 2.55. The molecule has 1 amide bonds. The number of ether oxygens (including phenoxy) is 1. The Kier molecular flexibility index (Phi) is 5.57. The fourth-order valence-corrected chi connectivity index (χ4v) is 1.88. The molecule has 0 aliphatic rings. The largest absolute Gasteiger partial charge is 0.444 e. The van der Waals surface area contributed by atoms with Crippen LogP contribution in [0.5, 0.6) is 0 Å². The zero-order chi connectivity index (χ0) is 15.3. The van der Waals surface area contributed by atoms with Crippen LogP contribution in [0.1, 0.15) is 44.5 Å². The maximum Gasteiger partial charge on any atom is 0.407 e. The van der Waals surface area contributed by atoms with Gasteiger partial charge in [-0.2, -0.15) is 0 Å². The molecule has 0 aliphatic carbocycles. The Morgan fingerprint density at radius 3 is 2.45 bits per heavy atom. The molecule has 0 heterocycles. The smallest absolute Gasteiger partial charge is 0.407 e. The number of halogens is 1. The third-order valence-corrected chi connectivity index (χ3v) is 2.76. The Morgan fingerprint density at radius 2 is 1.90 bits per heavy atom. The fourth-order valence-electron chi connectivity index (χ4n) is 1.64. The number of hydrogen-bond donors (Lipinski definition) is 1. The van der Waals surface area contributed by atoms with Gasteiger partial charge in [0.2, 0.25) is 0 Å². The minimum Gasteiger partial charge on any atom is -0.444 e. The summed E-state index contributed by atoms with van der Waals surface area (Å²) in [4.78, 5) is 23.6. The second-order valence-electron chi connectivity index (χ2n) is 5.65. The van der Waals surface area contributed by atoms with Crippen molar-refractivity contribution in [3.05, 3.63) is 34.9 Å². The van der Waals surface area contributed by atoms with Gasteiger partial charge in [0.1, 0.15) is 5.60 Å². The van der Waals surface area contributed by atoms with E-state index in [1.54, 1.807) is 52.0 Å². The van der Waals surface area contributed by atoms with E-state index in [0.717, 1.165) is 0 Å². The number of Topliss-reactive ketones (excluding diaryl/α,β-unsaturated/α-hetero) is 1. The van der Waals surface area contributed by atoms with Crippen molar-refractivity contribution in [2.75, 3.05) is 0 Å². The Morgan fingerprint density at radius 1 is 1.30 bits per heavy atom. The average Bonchev–Trinajstić information content (AvgIpc) is 2.25. The second kappa shape index (κ2) is 6.75. The highest BCUT2D eigenvalue weighted by Gasteiger charge is 2.19. The van der Waals surface area contributed by atoms with E-state index in [1.807, 2.05) is 0 Å². The lowest BCUT2D eigenvalue weighted by Crippen LogP contribution is -2.38. The van der Waals surface area contributed by atoms with Gasteiger partial charge in [0.25, 0.3) is 0 Å². The molecule has 0 radical (unpaired) electrons. The molecule has 0 bridgehead atoms. The number of nitrogens with one attached hydrogen (secondary N) is 1. The summed E-state index contributed by atoms with van der Waals surface area (Å²) in [6, 6.07) is 6.53. The number of alkyl carbamates (subject to hydrolysis) is 1. The van der Waals surface area contributed by atoms with E-state index in [4.69, 9.17) is 16.3 Å². The Labute approximate surface area is 124 Å². The molecule has 20 heavy (non-hydrogen) atoms. The van der Waals surface area contributed by atoms with Gasteiger partial charge in [-0.15, -0.1) is 0 Å². The van der Waals surface area contributed by atoms with Gasteiger partial charge in [-0.25, -0.2) is 4.79 Å². The highest BCUT2D eigenvalue weighted by atomic mass is 35.5. The lowest BCUT2D eigenvalue weighted by atomic mass is 10.0. The maximum absolute atomic E-state index is 12.1. The van der Waals surface area contributed by atoms with Crippen LogP contribution in [0.4, 0.5) is 4.79 Å². The summed E-state index contributed by atoms with van der Waals surface area (Å²) in [5, 5.41) is 3.05. The standard InChI is InChI=1S/C15H20ClNO3/c1-10(17-14(19)20-15(2,3)4)9-13(18)11-7-5-6-8-12(11)16/h5-8,10H,9H2,1-4H3,(H,17,19). The summed E-state index contributed by atoms with van der Waals surface area (Å²) in [6.07, 6.45) is -0.361. The van der Waals surface area contributed by atoms with Crippen molar-refractivity contribution in [1.29, 1.82) is 0 Å². The van der Waals surface area contributed by atoms with Crippen LogP contribution in [0.25, 0.3) is 0 Å². The van der Waals surface area contributed by atoms with E-state index < -0.39 is 11.7 Å². The lowest BCUT2D eigenvalue weighted by molar-refractivity contribution is 0.0506. The summed E-state index contributed by atoms with van der Waals surface area (Å²) in [6.45, 7) is 7.10. The zero-order valence-corrected chi connectivity index (χ0v) is 13.0. The van der Waals surface area contributed by atoms with E-state index in [1.165, 1.54) is 0 Å². The molecule has 1 N–H and O–H groups in total. The molecule has 1 aromatic rings. The molecule has 0 saturated heterocycles. The number of carbonyl (C=O) groups excluding carboxylic acids is 2. The lowest BCUT2D eigenvalue weighted by Gasteiger charge is -2.21. The van der Waals surface area contributed by atoms with Gasteiger partial charge in [-0.05, 0) is 39.8 Å². The van der Waals surface area contributed by atoms with Crippen LogP contribution >= 0.6 is 11.6 Å². The van der Waals surface area contributed by atoms with Gasteiger partial charge in [-0.3, -0.25) is 4.79 Å². The van der Waals surface area contributed by atoms with Crippen molar-refractivity contribution in [3.63, 3.8) is 0 Å². The number of rotatable bonds is 4. The predicted molar refractivity (Wildman–Crippen MR) is 79.2 cm³/mol. The van der Waals surface area contributed by atoms with Crippen LogP contribution in [-0.2, 0) is 4.74 Å². The molecule has 4 nitrogen and oxygen atoms in total. The van der Waals surface area contributed by atoms with Gasteiger partial charge in [0.05, 0.1) is 5.02 Å². The summed E-state index contributed by atoms with van der Waals surface area (Å²) in [5.74, 6) is -0.112. The average molecular weight is 298 g/mol. The first-order valence-electron chi connectivity index (χ1n) is 6.46. The first kappa shape index (κ1) is 16.5. The predicted octanol–water partition coefficient (Wildman–Crippen LogP) is 3.83. The van der Waals surface area contributed by atoms with Crippen LogP contribution in [0.15, 0.2) is 24.3 Å². The van der Waals surface area contributed by atoms with Crippen molar-refractivity contribution in [2.24, 2.45) is 0 Å². The van der Waals surface area contributed by atoms with E-state index >= 15 is 0 Å². The fraction of sp³-hybridized carbons (Fsp3) is 0.467. The van der Waals surface area contributed by atoms with Gasteiger partial charge in [0, 0.05) is 18.0 Å². The summed E-state index contributed by atoms with van der Waals surface area (Å²) in [7, 11) is 0. The molecule has 0 aromatic heterocycles. The number of hydrogen-bond acceptors (Lipinski definition) is 3. The zero-order valence-electron chi connectivity index (χ0n) is 12.2. The molecular weight excluding hydrogens is 278 g/mol. The molecule has 0 fully saturated rings.